The van der Waals surface area contributed by atoms with E-state index in [0.717, 1.165) is 38.4 Å². The largest absolute Gasteiger partial charge is 0.493 e. The van der Waals surface area contributed by atoms with Crippen LogP contribution in [-0.2, 0) is 13.0 Å². The maximum absolute atomic E-state index is 5.83. The van der Waals surface area contributed by atoms with Crippen molar-refractivity contribution in [2.45, 2.75) is 38.8 Å². The van der Waals surface area contributed by atoms with E-state index in [0.29, 0.717) is 12.0 Å². The standard InChI is InChI=1S/C16H24N2O/c1-12-2-3-14(9-17)11-18(12)10-13-4-5-16-15(8-13)6-7-19-16/h4-5,8,12,14H,2-3,6-7,9-11,17H2,1H3. The lowest BCUT2D eigenvalue weighted by Gasteiger charge is -2.37. The smallest absolute Gasteiger partial charge is 0.122 e. The van der Waals surface area contributed by atoms with Gasteiger partial charge < -0.3 is 10.5 Å². The number of ether oxygens (including phenoxy) is 1. The first kappa shape index (κ1) is 12.9. The van der Waals surface area contributed by atoms with Crippen LogP contribution in [0.1, 0.15) is 30.9 Å². The molecule has 0 bridgehead atoms. The Morgan fingerprint density at radius 2 is 2.26 bits per heavy atom. The third-order valence-corrected chi connectivity index (χ3v) is 4.58. The number of nitrogens with zero attached hydrogens (tertiary/aromatic N) is 1. The molecule has 2 aliphatic heterocycles. The second-order valence-electron chi connectivity index (χ2n) is 6.00. The van der Waals surface area contributed by atoms with Crippen molar-refractivity contribution in [3.8, 4) is 5.75 Å². The predicted octanol–water partition coefficient (Wildman–Crippen LogP) is 2.18. The number of nitrogens with two attached hydrogens (primary N) is 1. The van der Waals surface area contributed by atoms with Gasteiger partial charge in [0.25, 0.3) is 0 Å². The molecule has 3 rings (SSSR count). The van der Waals surface area contributed by atoms with E-state index >= 15 is 0 Å². The molecule has 3 heteroatoms. The average Bonchev–Trinajstić information content (AvgIpc) is 2.89. The highest BCUT2D eigenvalue weighted by Gasteiger charge is 2.24. The third-order valence-electron chi connectivity index (χ3n) is 4.58. The fourth-order valence-corrected chi connectivity index (χ4v) is 3.25. The number of rotatable bonds is 3. The van der Waals surface area contributed by atoms with E-state index in [1.807, 2.05) is 0 Å². The molecule has 2 heterocycles. The summed E-state index contributed by atoms with van der Waals surface area (Å²) in [5, 5.41) is 0. The Morgan fingerprint density at radius 1 is 1.37 bits per heavy atom. The third kappa shape index (κ3) is 2.77. The molecule has 2 aliphatic rings. The summed E-state index contributed by atoms with van der Waals surface area (Å²) in [7, 11) is 0. The van der Waals surface area contributed by atoms with E-state index in [1.54, 1.807) is 0 Å². The zero-order valence-electron chi connectivity index (χ0n) is 11.8. The first-order valence-electron chi connectivity index (χ1n) is 7.45. The van der Waals surface area contributed by atoms with Gasteiger partial charge in [0.2, 0.25) is 0 Å². The van der Waals surface area contributed by atoms with Crippen LogP contribution < -0.4 is 10.5 Å². The number of benzene rings is 1. The number of hydrogen-bond donors (Lipinski definition) is 1. The van der Waals surface area contributed by atoms with Gasteiger partial charge in [-0.25, -0.2) is 0 Å². The summed E-state index contributed by atoms with van der Waals surface area (Å²) in [5.41, 5.74) is 8.62. The Kier molecular flexibility index (Phi) is 3.76. The summed E-state index contributed by atoms with van der Waals surface area (Å²) in [5.74, 6) is 1.75. The van der Waals surface area contributed by atoms with Crippen LogP contribution in [0.2, 0.25) is 0 Å². The quantitative estimate of drug-likeness (QED) is 0.905. The minimum Gasteiger partial charge on any atom is -0.493 e. The highest BCUT2D eigenvalue weighted by Crippen LogP contribution is 2.28. The molecule has 1 aromatic rings. The van der Waals surface area contributed by atoms with Gasteiger partial charge in [0.1, 0.15) is 5.75 Å². The first-order valence-corrected chi connectivity index (χ1v) is 7.45. The monoisotopic (exact) mass is 260 g/mol. The number of likely N-dealkylation sites (tertiary alicyclic amines) is 1. The van der Waals surface area contributed by atoms with E-state index in [1.165, 1.54) is 24.0 Å². The zero-order chi connectivity index (χ0) is 13.2. The van der Waals surface area contributed by atoms with E-state index < -0.39 is 0 Å². The van der Waals surface area contributed by atoms with Gasteiger partial charge in [-0.1, -0.05) is 12.1 Å². The fraction of sp³-hybridized carbons (Fsp3) is 0.625. The van der Waals surface area contributed by atoms with Crippen LogP contribution in [-0.4, -0.2) is 30.6 Å². The lowest BCUT2D eigenvalue weighted by Crippen LogP contribution is -2.43. The van der Waals surface area contributed by atoms with Gasteiger partial charge in [-0.2, -0.15) is 0 Å². The first-order chi connectivity index (χ1) is 9.26. The van der Waals surface area contributed by atoms with Crippen LogP contribution in [0.25, 0.3) is 0 Å². The Labute approximate surface area is 115 Å². The van der Waals surface area contributed by atoms with E-state index in [-0.39, 0.29) is 0 Å². The Bertz CT molecular complexity index is 446. The Morgan fingerprint density at radius 3 is 3.11 bits per heavy atom. The molecular weight excluding hydrogens is 236 g/mol. The van der Waals surface area contributed by atoms with Crippen molar-refractivity contribution < 1.29 is 4.74 Å². The molecule has 104 valence electrons. The summed E-state index contributed by atoms with van der Waals surface area (Å²) in [6, 6.07) is 7.34. The molecular formula is C16H24N2O. The molecule has 0 amide bonds. The van der Waals surface area contributed by atoms with Crippen LogP contribution >= 0.6 is 0 Å². The number of fused-ring (bicyclic) bond motifs is 1. The van der Waals surface area contributed by atoms with E-state index in [2.05, 4.69) is 30.0 Å². The summed E-state index contributed by atoms with van der Waals surface area (Å²) in [6.07, 6.45) is 3.62. The van der Waals surface area contributed by atoms with Crippen molar-refractivity contribution in [1.82, 2.24) is 4.90 Å². The van der Waals surface area contributed by atoms with Crippen molar-refractivity contribution in [3.63, 3.8) is 0 Å². The van der Waals surface area contributed by atoms with Crippen molar-refractivity contribution in [1.29, 1.82) is 0 Å². The summed E-state index contributed by atoms with van der Waals surface area (Å²) in [6.45, 7) is 6.19. The molecule has 3 nitrogen and oxygen atoms in total. The highest BCUT2D eigenvalue weighted by atomic mass is 16.5. The molecule has 1 saturated heterocycles. The lowest BCUT2D eigenvalue weighted by molar-refractivity contribution is 0.113. The molecule has 0 radical (unpaired) electrons. The lowest BCUT2D eigenvalue weighted by atomic mass is 9.93. The molecule has 2 N–H and O–H groups in total. The van der Waals surface area contributed by atoms with E-state index in [4.69, 9.17) is 10.5 Å². The van der Waals surface area contributed by atoms with Gasteiger partial charge in [0.15, 0.2) is 0 Å². The number of hydrogen-bond acceptors (Lipinski definition) is 3. The van der Waals surface area contributed by atoms with Crippen molar-refractivity contribution in [2.24, 2.45) is 11.7 Å². The van der Waals surface area contributed by atoms with Crippen LogP contribution in [0, 0.1) is 5.92 Å². The Hall–Kier alpha value is -1.06. The second-order valence-corrected chi connectivity index (χ2v) is 6.00. The summed E-state index contributed by atoms with van der Waals surface area (Å²) < 4.78 is 5.57. The van der Waals surface area contributed by atoms with Crippen LogP contribution in [0.3, 0.4) is 0 Å². The van der Waals surface area contributed by atoms with E-state index in [9.17, 15) is 0 Å². The molecule has 0 spiro atoms. The molecule has 2 atom stereocenters. The maximum atomic E-state index is 5.83. The normalized spacial score (nSPS) is 27.1. The SMILES string of the molecule is CC1CCC(CN)CN1Cc1ccc2c(c1)CCO2. The maximum Gasteiger partial charge on any atom is 0.122 e. The van der Waals surface area contributed by atoms with Gasteiger partial charge in [0.05, 0.1) is 6.61 Å². The minimum absolute atomic E-state index is 0.673. The van der Waals surface area contributed by atoms with Gasteiger partial charge in [0, 0.05) is 25.6 Å². The molecule has 19 heavy (non-hydrogen) atoms. The minimum atomic E-state index is 0.673. The number of piperidine rings is 1. The fourth-order valence-electron chi connectivity index (χ4n) is 3.25. The zero-order valence-corrected chi connectivity index (χ0v) is 11.8. The summed E-state index contributed by atoms with van der Waals surface area (Å²) in [4.78, 5) is 2.58. The molecule has 1 fully saturated rings. The highest BCUT2D eigenvalue weighted by molar-refractivity contribution is 5.39. The molecule has 0 aliphatic carbocycles. The van der Waals surface area contributed by atoms with Crippen molar-refractivity contribution >= 4 is 0 Å². The topological polar surface area (TPSA) is 38.5 Å². The van der Waals surface area contributed by atoms with Crippen molar-refractivity contribution in [3.05, 3.63) is 29.3 Å². The van der Waals surface area contributed by atoms with Crippen LogP contribution in [0.4, 0.5) is 0 Å². The van der Waals surface area contributed by atoms with Gasteiger partial charge in [-0.3, -0.25) is 4.90 Å². The van der Waals surface area contributed by atoms with Gasteiger partial charge in [-0.05, 0) is 49.4 Å². The second kappa shape index (κ2) is 5.51. The molecule has 2 unspecified atom stereocenters. The van der Waals surface area contributed by atoms with Crippen LogP contribution in [0.5, 0.6) is 5.75 Å². The van der Waals surface area contributed by atoms with Crippen molar-refractivity contribution in [2.75, 3.05) is 19.7 Å². The van der Waals surface area contributed by atoms with Gasteiger partial charge >= 0.3 is 0 Å². The molecule has 1 aromatic carbocycles. The van der Waals surface area contributed by atoms with Gasteiger partial charge in [-0.15, -0.1) is 0 Å². The Balaban J connectivity index is 1.69. The predicted molar refractivity (Wildman–Crippen MR) is 77.3 cm³/mol. The average molecular weight is 260 g/mol. The summed E-state index contributed by atoms with van der Waals surface area (Å²) >= 11 is 0. The van der Waals surface area contributed by atoms with Crippen LogP contribution in [0.15, 0.2) is 18.2 Å². The molecule has 0 aromatic heterocycles. The molecule has 0 saturated carbocycles.